The van der Waals surface area contributed by atoms with Gasteiger partial charge in [-0.2, -0.15) is 10.4 Å². The molecule has 0 atom stereocenters. The van der Waals surface area contributed by atoms with Crippen LogP contribution in [0.1, 0.15) is 49.3 Å². The number of nitriles is 1. The SMILES string of the molecule is CC(=O)Nc1cc(N(CC(=O)[O-])CC(=O)[O-])ccc1N=Nc1c(C#N)c(C(C)(C)C)nn1-c1c(Cl)cc(NC(=O)c2cccc(S(=O)(=O)[O-])c2)cc1Cl.[Na+].[Na+].[Na+]. The molecule has 56 heavy (non-hydrogen) atoms. The van der Waals surface area contributed by atoms with Crippen LogP contribution in [0.5, 0.6) is 0 Å². The molecule has 23 heteroatoms. The number of aliphatic carboxylic acids is 2. The van der Waals surface area contributed by atoms with Crippen LogP contribution in [-0.2, 0) is 29.9 Å². The molecule has 4 rings (SSSR count). The zero-order valence-corrected chi connectivity index (χ0v) is 39.5. The molecule has 0 aliphatic rings. The molecule has 3 aromatic carbocycles. The largest absolute Gasteiger partial charge is 1.00 e. The molecule has 0 saturated heterocycles. The molecule has 0 spiro atoms. The van der Waals surface area contributed by atoms with E-state index in [1.807, 2.05) is 0 Å². The van der Waals surface area contributed by atoms with Crippen molar-refractivity contribution in [2.24, 2.45) is 10.2 Å². The fourth-order valence-electron chi connectivity index (χ4n) is 4.87. The molecular formula is C33H27Cl2N8Na3O9S. The molecule has 1 heterocycles. The van der Waals surface area contributed by atoms with Gasteiger partial charge in [0.15, 0.2) is 5.82 Å². The van der Waals surface area contributed by atoms with E-state index in [0.717, 1.165) is 21.7 Å². The molecule has 276 valence electrons. The first-order chi connectivity index (χ1) is 24.7. The van der Waals surface area contributed by atoms with Crippen LogP contribution in [0.25, 0.3) is 5.69 Å². The average Bonchev–Trinajstić information content (AvgIpc) is 3.41. The molecular weight excluding hydrogens is 824 g/mol. The Hall–Kier alpha value is -2.87. The second-order valence-corrected chi connectivity index (χ2v) is 14.4. The standard InChI is InChI=1S/C33H30Cl2N8O9S.3Na/c1-17(44)37-26-13-20(42(15-27(45)46)16-28(47)48)8-9-25(26)39-40-31-22(14-36)30(33(2,3)4)41-43(31)29-23(34)11-19(12-24(29)35)38-32(49)18-6-5-7-21(10-18)53(50,51)52;;;/h5-13H,15-16H2,1-4H3,(H,37,44)(H,38,49)(H,45,46)(H,47,48)(H,50,51,52);;;/q;3*+1/p-3. The van der Waals surface area contributed by atoms with Gasteiger partial charge in [-0.25, -0.2) is 13.1 Å². The maximum Gasteiger partial charge on any atom is 1.00 e. The Bertz CT molecular complexity index is 2310. The number of azo groups is 1. The average molecular weight is 852 g/mol. The Morgan fingerprint density at radius 3 is 2.02 bits per heavy atom. The molecule has 2 amide bonds. The molecule has 0 fully saturated rings. The third kappa shape index (κ3) is 13.1. The Labute approximate surface area is 397 Å². The van der Waals surface area contributed by atoms with Gasteiger partial charge in [0.2, 0.25) is 5.91 Å². The monoisotopic (exact) mass is 850 g/mol. The summed E-state index contributed by atoms with van der Waals surface area (Å²) in [4.78, 5) is 47.9. The molecule has 0 unspecified atom stereocenters. The Balaban J connectivity index is 0.00000523. The summed E-state index contributed by atoms with van der Waals surface area (Å²) in [5.74, 6) is -4.63. The Kier molecular flexibility index (Phi) is 19.4. The van der Waals surface area contributed by atoms with Gasteiger partial charge in [-0.3, -0.25) is 9.59 Å². The van der Waals surface area contributed by atoms with Crippen LogP contribution < -0.4 is 114 Å². The van der Waals surface area contributed by atoms with Gasteiger partial charge in [0.25, 0.3) is 5.91 Å². The number of aromatic nitrogens is 2. The molecule has 1 aromatic heterocycles. The van der Waals surface area contributed by atoms with Gasteiger partial charge in [0.05, 0.1) is 51.4 Å². The Morgan fingerprint density at radius 1 is 0.929 bits per heavy atom. The van der Waals surface area contributed by atoms with Gasteiger partial charge < -0.3 is 39.9 Å². The van der Waals surface area contributed by atoms with Crippen molar-refractivity contribution >= 4 is 85.6 Å². The van der Waals surface area contributed by atoms with Crippen molar-refractivity contribution in [3.05, 3.63) is 81.5 Å². The van der Waals surface area contributed by atoms with E-state index in [1.165, 1.54) is 49.4 Å². The smallest absolute Gasteiger partial charge is 0.744 e. The van der Waals surface area contributed by atoms with Crippen LogP contribution in [0.15, 0.2) is 69.7 Å². The maximum atomic E-state index is 12.9. The zero-order valence-electron chi connectivity index (χ0n) is 31.1. The van der Waals surface area contributed by atoms with E-state index in [1.54, 1.807) is 20.8 Å². The van der Waals surface area contributed by atoms with E-state index in [9.17, 15) is 47.6 Å². The maximum absolute atomic E-state index is 12.9. The van der Waals surface area contributed by atoms with E-state index in [4.69, 9.17) is 23.2 Å². The number of nitrogens with zero attached hydrogens (tertiary/aromatic N) is 6. The number of hydrogen-bond donors (Lipinski definition) is 2. The van der Waals surface area contributed by atoms with Crippen molar-refractivity contribution in [2.45, 2.75) is 38.0 Å². The molecule has 0 bridgehead atoms. The number of carboxylic acid groups (broad SMARTS) is 2. The molecule has 0 aliphatic heterocycles. The van der Waals surface area contributed by atoms with Crippen molar-refractivity contribution < 1.29 is 131 Å². The van der Waals surface area contributed by atoms with Crippen molar-refractivity contribution in [3.63, 3.8) is 0 Å². The minimum atomic E-state index is -4.83. The van der Waals surface area contributed by atoms with Crippen LogP contribution in [-0.4, -0.2) is 59.6 Å². The summed E-state index contributed by atoms with van der Waals surface area (Å²) in [6.07, 6.45) is 0. The van der Waals surface area contributed by atoms with E-state index in [-0.39, 0.29) is 150 Å². The third-order valence-corrected chi connectivity index (χ3v) is 8.51. The van der Waals surface area contributed by atoms with Crippen molar-refractivity contribution in [1.82, 2.24) is 9.78 Å². The fraction of sp³-hybridized carbons (Fsp3) is 0.212. The summed E-state index contributed by atoms with van der Waals surface area (Å²) in [6.45, 7) is 4.94. The van der Waals surface area contributed by atoms with Crippen LogP contribution in [0.3, 0.4) is 0 Å². The van der Waals surface area contributed by atoms with Crippen LogP contribution >= 0.6 is 23.2 Å². The van der Waals surface area contributed by atoms with Gasteiger partial charge in [-0.1, -0.05) is 50.0 Å². The topological polar surface area (TPSA) is 265 Å². The second-order valence-electron chi connectivity index (χ2n) is 12.2. The zero-order chi connectivity index (χ0) is 39.4. The number of carbonyl (C=O) groups excluding carboxylic acids is 4. The summed E-state index contributed by atoms with van der Waals surface area (Å²) in [6, 6.07) is 13.1. The minimum Gasteiger partial charge on any atom is -0.744 e. The van der Waals surface area contributed by atoms with Crippen molar-refractivity contribution in [3.8, 4) is 11.8 Å². The molecule has 0 saturated carbocycles. The van der Waals surface area contributed by atoms with Gasteiger partial charge in [0, 0.05) is 29.3 Å². The first kappa shape index (κ1) is 51.1. The number of rotatable bonds is 12. The van der Waals surface area contributed by atoms with E-state index in [2.05, 4.69) is 32.0 Å². The number of benzene rings is 3. The van der Waals surface area contributed by atoms with E-state index < -0.39 is 57.3 Å². The normalized spacial score (nSPS) is 11.0. The third-order valence-electron chi connectivity index (χ3n) is 7.10. The predicted octanol–water partition coefficient (Wildman–Crippen LogP) is -5.80. The quantitative estimate of drug-likeness (QED) is 0.0768. The van der Waals surface area contributed by atoms with Crippen LogP contribution in [0, 0.1) is 11.3 Å². The first-order valence-corrected chi connectivity index (χ1v) is 17.2. The van der Waals surface area contributed by atoms with Gasteiger partial charge >= 0.3 is 88.7 Å². The van der Waals surface area contributed by atoms with Crippen LogP contribution in [0.4, 0.5) is 28.6 Å². The molecule has 0 aliphatic carbocycles. The van der Waals surface area contributed by atoms with E-state index in [0.29, 0.717) is 0 Å². The predicted molar refractivity (Wildman–Crippen MR) is 187 cm³/mol. The summed E-state index contributed by atoms with van der Waals surface area (Å²) in [5.41, 5.74) is -0.475. The fourth-order valence-corrected chi connectivity index (χ4v) is 6.03. The van der Waals surface area contributed by atoms with Gasteiger partial charge in [0.1, 0.15) is 33.1 Å². The number of carboxylic acids is 2. The molecule has 17 nitrogen and oxygen atoms in total. The number of nitrogens with one attached hydrogen (secondary N) is 2. The summed E-state index contributed by atoms with van der Waals surface area (Å²) in [7, 11) is -4.83. The van der Waals surface area contributed by atoms with Crippen LogP contribution in [0.2, 0.25) is 10.0 Å². The summed E-state index contributed by atoms with van der Waals surface area (Å²) in [5, 5.41) is 50.8. The second kappa shape index (κ2) is 21.2. The van der Waals surface area contributed by atoms with Crippen molar-refractivity contribution in [1.29, 1.82) is 5.26 Å². The summed E-state index contributed by atoms with van der Waals surface area (Å²) < 4.78 is 35.5. The van der Waals surface area contributed by atoms with Gasteiger partial charge in [-0.15, -0.1) is 10.2 Å². The Morgan fingerprint density at radius 2 is 1.52 bits per heavy atom. The first-order valence-electron chi connectivity index (χ1n) is 15.1. The number of amides is 2. The van der Waals surface area contributed by atoms with Gasteiger partial charge in [-0.05, 0) is 48.5 Å². The molecule has 4 aromatic rings. The van der Waals surface area contributed by atoms with E-state index >= 15 is 0 Å². The minimum absolute atomic E-state index is 0. The molecule has 0 radical (unpaired) electrons. The number of anilines is 3. The number of carbonyl (C=O) groups is 4. The van der Waals surface area contributed by atoms with Crippen molar-refractivity contribution in [2.75, 3.05) is 28.6 Å². The summed E-state index contributed by atoms with van der Waals surface area (Å²) >= 11 is 13.4. The molecule has 2 N–H and O–H groups in total. The number of hydrogen-bond acceptors (Lipinski definition) is 14. The number of halogens is 2.